The Morgan fingerprint density at radius 2 is 1.85 bits per heavy atom. The second kappa shape index (κ2) is 10.0. The molecular formula is C30H29N5O4S. The monoisotopic (exact) mass is 555 g/mol. The molecule has 0 saturated carbocycles. The number of benzene rings is 2. The predicted octanol–water partition coefficient (Wildman–Crippen LogP) is 3.25. The maximum atomic E-state index is 13.6. The fraction of sp³-hybridized carbons (Fsp3) is 0.267. The summed E-state index contributed by atoms with van der Waals surface area (Å²) in [6, 6.07) is 18.7. The number of nitrogens with zero attached hydrogens (tertiary/aromatic N) is 4. The van der Waals surface area contributed by atoms with Crippen molar-refractivity contribution in [3.63, 3.8) is 0 Å². The molecule has 0 atom stereocenters. The summed E-state index contributed by atoms with van der Waals surface area (Å²) in [5.74, 6) is 6.47. The van der Waals surface area contributed by atoms with Crippen LogP contribution in [0.4, 0.5) is 5.69 Å². The van der Waals surface area contributed by atoms with Gasteiger partial charge in [0.15, 0.2) is 16.5 Å². The number of amides is 1. The fourth-order valence-corrected chi connectivity index (χ4v) is 7.08. The minimum atomic E-state index is -3.86. The van der Waals surface area contributed by atoms with E-state index in [2.05, 4.69) is 16.8 Å². The number of anilines is 1. The van der Waals surface area contributed by atoms with Gasteiger partial charge in [-0.25, -0.2) is 4.98 Å². The van der Waals surface area contributed by atoms with Crippen molar-refractivity contribution in [1.82, 2.24) is 14.5 Å². The van der Waals surface area contributed by atoms with Crippen LogP contribution in [0, 0.1) is 11.8 Å². The van der Waals surface area contributed by atoms with Crippen LogP contribution in [0.5, 0.6) is 0 Å². The van der Waals surface area contributed by atoms with Crippen molar-refractivity contribution >= 4 is 21.6 Å². The highest BCUT2D eigenvalue weighted by Gasteiger charge is 2.49. The van der Waals surface area contributed by atoms with Gasteiger partial charge < -0.3 is 19.6 Å². The average molecular weight is 556 g/mol. The number of rotatable bonds is 4. The topological polar surface area (TPSA) is 115 Å². The van der Waals surface area contributed by atoms with E-state index in [1.165, 1.54) is 16.8 Å². The third-order valence-corrected chi connectivity index (χ3v) is 9.39. The zero-order valence-electron chi connectivity index (χ0n) is 22.1. The summed E-state index contributed by atoms with van der Waals surface area (Å²) < 4.78 is 36.1. The zero-order chi connectivity index (χ0) is 27.9. The second-order valence-corrected chi connectivity index (χ2v) is 12.1. The van der Waals surface area contributed by atoms with Crippen molar-refractivity contribution in [2.75, 3.05) is 23.9 Å². The smallest absolute Gasteiger partial charge is 0.289 e. The lowest BCUT2D eigenvalue weighted by molar-refractivity contribution is 0.0642. The number of likely N-dealkylation sites (tertiary alicyclic amines) is 1. The fourth-order valence-electron chi connectivity index (χ4n) is 5.54. The van der Waals surface area contributed by atoms with Crippen LogP contribution in [0.3, 0.4) is 0 Å². The van der Waals surface area contributed by atoms with Crippen LogP contribution in [0.15, 0.2) is 82.6 Å². The van der Waals surface area contributed by atoms with Crippen LogP contribution in [0.2, 0.25) is 0 Å². The predicted molar refractivity (Wildman–Crippen MR) is 150 cm³/mol. The van der Waals surface area contributed by atoms with Gasteiger partial charge in [0, 0.05) is 50.4 Å². The summed E-state index contributed by atoms with van der Waals surface area (Å²) in [5.41, 5.74) is 8.91. The number of sulfonamides is 1. The SMILES string of the molecule is Cn1cnc(S(=O)(=O)N2CC3(CCN(C(=O)c4ccc(C#Cc5ccccc5)o4)CC3)c3cc(CN)ccc32)c1. The Hall–Kier alpha value is -4.33. The number of fused-ring (bicyclic) bond motifs is 2. The number of piperidine rings is 1. The number of hydrogen-bond acceptors (Lipinski definition) is 6. The molecule has 6 rings (SSSR count). The number of aryl methyl sites for hydroxylation is 1. The summed E-state index contributed by atoms with van der Waals surface area (Å²) >= 11 is 0. The van der Waals surface area contributed by atoms with Crippen LogP contribution < -0.4 is 10.0 Å². The van der Waals surface area contributed by atoms with Crippen molar-refractivity contribution in [1.29, 1.82) is 0 Å². The number of furan rings is 1. The molecule has 40 heavy (non-hydrogen) atoms. The maximum absolute atomic E-state index is 13.6. The molecule has 1 amide bonds. The van der Waals surface area contributed by atoms with Gasteiger partial charge in [0.1, 0.15) is 0 Å². The molecule has 9 nitrogen and oxygen atoms in total. The van der Waals surface area contributed by atoms with E-state index in [0.717, 1.165) is 16.7 Å². The first-order chi connectivity index (χ1) is 19.3. The van der Waals surface area contributed by atoms with E-state index in [9.17, 15) is 13.2 Å². The first-order valence-corrected chi connectivity index (χ1v) is 14.5. The van der Waals surface area contributed by atoms with E-state index < -0.39 is 15.4 Å². The first kappa shape index (κ1) is 25.9. The Morgan fingerprint density at radius 1 is 1.07 bits per heavy atom. The molecule has 2 aromatic heterocycles. The van der Waals surface area contributed by atoms with Gasteiger partial charge in [-0.3, -0.25) is 9.10 Å². The summed E-state index contributed by atoms with van der Waals surface area (Å²) in [7, 11) is -2.12. The minimum absolute atomic E-state index is 0.0116. The quantitative estimate of drug-likeness (QED) is 0.387. The average Bonchev–Trinajstić information content (AvgIpc) is 3.71. The number of carbonyl (C=O) groups is 1. The van der Waals surface area contributed by atoms with Crippen molar-refractivity contribution in [3.8, 4) is 11.8 Å². The molecule has 1 fully saturated rings. The molecule has 4 aromatic rings. The Bertz CT molecular complexity index is 1740. The molecule has 1 spiro atoms. The molecular weight excluding hydrogens is 526 g/mol. The Balaban J connectivity index is 1.22. The van der Waals surface area contributed by atoms with Crippen molar-refractivity contribution in [2.24, 2.45) is 12.8 Å². The van der Waals surface area contributed by atoms with E-state index in [-0.39, 0.29) is 23.2 Å². The summed E-state index contributed by atoms with van der Waals surface area (Å²) in [4.78, 5) is 19.2. The molecule has 2 aliphatic heterocycles. The van der Waals surface area contributed by atoms with E-state index in [4.69, 9.17) is 10.2 Å². The number of carbonyl (C=O) groups excluding carboxylic acids is 1. The summed E-state index contributed by atoms with van der Waals surface area (Å²) in [6.07, 6.45) is 4.21. The van der Waals surface area contributed by atoms with Crippen LogP contribution >= 0.6 is 0 Å². The highest BCUT2D eigenvalue weighted by atomic mass is 32.2. The number of nitrogens with two attached hydrogens (primary N) is 1. The lowest BCUT2D eigenvalue weighted by Crippen LogP contribution is -2.47. The van der Waals surface area contributed by atoms with Gasteiger partial charge in [-0.15, -0.1) is 0 Å². The van der Waals surface area contributed by atoms with Gasteiger partial charge in [-0.05, 0) is 60.2 Å². The summed E-state index contributed by atoms with van der Waals surface area (Å²) in [6.45, 7) is 1.58. The first-order valence-electron chi connectivity index (χ1n) is 13.1. The third-order valence-electron chi connectivity index (χ3n) is 7.75. The van der Waals surface area contributed by atoms with Crippen LogP contribution in [-0.4, -0.2) is 48.4 Å². The van der Waals surface area contributed by atoms with Gasteiger partial charge >= 0.3 is 0 Å². The molecule has 2 N–H and O–H groups in total. The van der Waals surface area contributed by atoms with Crippen molar-refractivity contribution in [2.45, 2.75) is 29.8 Å². The van der Waals surface area contributed by atoms with E-state index in [0.29, 0.717) is 43.9 Å². The zero-order valence-corrected chi connectivity index (χ0v) is 22.9. The molecule has 0 radical (unpaired) electrons. The molecule has 0 bridgehead atoms. The summed E-state index contributed by atoms with van der Waals surface area (Å²) in [5, 5.41) is 0.0116. The van der Waals surface area contributed by atoms with Gasteiger partial charge in [-0.2, -0.15) is 8.42 Å². The molecule has 204 valence electrons. The van der Waals surface area contributed by atoms with Gasteiger partial charge in [0.25, 0.3) is 15.9 Å². The lowest BCUT2D eigenvalue weighted by Gasteiger charge is -2.39. The standard InChI is InChI=1S/C30H29N5O4S/c1-33-19-28(32-21-33)40(37,38)35-20-30(25-17-23(18-31)8-11-26(25)35)13-15-34(16-14-30)29(36)27-12-10-24(39-27)9-7-22-5-3-2-4-6-22/h2-6,8,10-12,17,19,21H,13-16,18,20,31H2,1H3. The largest absolute Gasteiger partial charge is 0.443 e. The minimum Gasteiger partial charge on any atom is -0.443 e. The molecule has 2 aliphatic rings. The van der Waals surface area contributed by atoms with E-state index >= 15 is 0 Å². The van der Waals surface area contributed by atoms with E-state index in [1.807, 2.05) is 48.5 Å². The van der Waals surface area contributed by atoms with Crippen molar-refractivity contribution < 1.29 is 17.6 Å². The Labute approximate surface area is 233 Å². The Kier molecular flexibility index (Phi) is 6.49. The molecule has 2 aromatic carbocycles. The van der Waals surface area contributed by atoms with Crippen LogP contribution in [-0.2, 0) is 29.0 Å². The lowest BCUT2D eigenvalue weighted by atomic mass is 9.74. The van der Waals surface area contributed by atoms with Gasteiger partial charge in [0.2, 0.25) is 0 Å². The maximum Gasteiger partial charge on any atom is 0.289 e. The van der Waals surface area contributed by atoms with Crippen LogP contribution in [0.1, 0.15) is 45.8 Å². The van der Waals surface area contributed by atoms with E-state index in [1.54, 1.807) is 28.6 Å². The Morgan fingerprint density at radius 3 is 2.55 bits per heavy atom. The molecule has 10 heteroatoms. The molecule has 1 saturated heterocycles. The second-order valence-electron chi connectivity index (χ2n) is 10.3. The van der Waals surface area contributed by atoms with Crippen molar-refractivity contribution in [3.05, 3.63) is 101 Å². The molecule has 0 aliphatic carbocycles. The molecule has 4 heterocycles. The highest BCUT2D eigenvalue weighted by molar-refractivity contribution is 7.92. The third kappa shape index (κ3) is 4.57. The number of imidazole rings is 1. The van der Waals surface area contributed by atoms with Gasteiger partial charge in [-0.1, -0.05) is 36.3 Å². The van der Waals surface area contributed by atoms with Gasteiger partial charge in [0.05, 0.1) is 12.0 Å². The molecule has 0 unspecified atom stereocenters. The normalized spacial score (nSPS) is 16.1. The van der Waals surface area contributed by atoms with Crippen LogP contribution in [0.25, 0.3) is 0 Å². The number of hydrogen-bond donors (Lipinski definition) is 1. The highest BCUT2D eigenvalue weighted by Crippen LogP contribution is 2.49. The number of aromatic nitrogens is 2.